The first-order valence-corrected chi connectivity index (χ1v) is 12.1. The molecule has 172 valence electrons. The van der Waals surface area contributed by atoms with Gasteiger partial charge in [0, 0.05) is 25.6 Å². The van der Waals surface area contributed by atoms with Crippen LogP contribution in [0.25, 0.3) is 0 Å². The van der Waals surface area contributed by atoms with E-state index in [0.717, 1.165) is 46.1 Å². The van der Waals surface area contributed by atoms with Gasteiger partial charge in [-0.2, -0.15) is 4.31 Å². The van der Waals surface area contributed by atoms with Gasteiger partial charge in [-0.05, 0) is 68.0 Å². The van der Waals surface area contributed by atoms with Crippen LogP contribution in [0.4, 0.5) is 14.5 Å². The third-order valence-electron chi connectivity index (χ3n) is 6.36. The quantitative estimate of drug-likeness (QED) is 0.693. The van der Waals surface area contributed by atoms with Gasteiger partial charge in [0.1, 0.15) is 22.3 Å². The summed E-state index contributed by atoms with van der Waals surface area (Å²) in [6.45, 7) is 2.74. The molecule has 9 heteroatoms. The third-order valence-corrected chi connectivity index (χ3v) is 8.27. The highest BCUT2D eigenvalue weighted by atomic mass is 32.2. The molecule has 0 aromatic heterocycles. The van der Waals surface area contributed by atoms with Crippen LogP contribution < -0.4 is 9.64 Å². The first kappa shape index (κ1) is 22.7. The van der Waals surface area contributed by atoms with Crippen LogP contribution in [0.1, 0.15) is 30.4 Å². The van der Waals surface area contributed by atoms with Gasteiger partial charge in [-0.15, -0.1) is 0 Å². The second-order valence-electron chi connectivity index (χ2n) is 8.26. The highest BCUT2D eigenvalue weighted by molar-refractivity contribution is 7.89. The van der Waals surface area contributed by atoms with Crippen molar-refractivity contribution < 1.29 is 26.7 Å². The average Bonchev–Trinajstić information content (AvgIpc) is 2.80. The predicted octanol–water partition coefficient (Wildman–Crippen LogP) is 3.66. The van der Waals surface area contributed by atoms with E-state index in [-0.39, 0.29) is 24.9 Å². The molecule has 32 heavy (non-hydrogen) atoms. The van der Waals surface area contributed by atoms with Gasteiger partial charge in [-0.3, -0.25) is 4.79 Å². The number of sulfonamides is 1. The fourth-order valence-corrected chi connectivity index (χ4v) is 6.16. The molecule has 4 rings (SSSR count). The van der Waals surface area contributed by atoms with Gasteiger partial charge in [0.05, 0.1) is 12.8 Å². The number of methoxy groups -OCH3 is 1. The second kappa shape index (κ2) is 8.78. The van der Waals surface area contributed by atoms with Gasteiger partial charge in [-0.25, -0.2) is 17.2 Å². The average molecular weight is 465 g/mol. The van der Waals surface area contributed by atoms with Crippen LogP contribution in [0.3, 0.4) is 0 Å². The van der Waals surface area contributed by atoms with Crippen molar-refractivity contribution in [1.82, 2.24) is 4.31 Å². The molecule has 0 radical (unpaired) electrons. The number of amides is 1. The minimum atomic E-state index is -4.18. The molecule has 1 amide bonds. The van der Waals surface area contributed by atoms with Crippen molar-refractivity contribution in [3.63, 3.8) is 0 Å². The van der Waals surface area contributed by atoms with E-state index >= 15 is 0 Å². The predicted molar refractivity (Wildman–Crippen MR) is 116 cm³/mol. The SMILES string of the molecule is COc1ccc(C)c2c1N(C(=O)C1CCN(S(=O)(=O)c3cc(F)ccc3F)CC1)CCC2. The number of nitrogens with zero attached hydrogens (tertiary/aromatic N) is 2. The van der Waals surface area contributed by atoms with Crippen LogP contribution in [-0.4, -0.2) is 45.4 Å². The molecule has 1 fully saturated rings. The fourth-order valence-electron chi connectivity index (χ4n) is 4.62. The highest BCUT2D eigenvalue weighted by Gasteiger charge is 2.37. The minimum absolute atomic E-state index is 0.0520. The minimum Gasteiger partial charge on any atom is -0.495 e. The zero-order chi connectivity index (χ0) is 23.0. The Morgan fingerprint density at radius 1 is 1.09 bits per heavy atom. The van der Waals surface area contributed by atoms with Crippen molar-refractivity contribution in [2.45, 2.75) is 37.5 Å². The summed E-state index contributed by atoms with van der Waals surface area (Å²) in [5.74, 6) is -1.56. The lowest BCUT2D eigenvalue weighted by Crippen LogP contribution is -2.46. The summed E-state index contributed by atoms with van der Waals surface area (Å²) in [6, 6.07) is 6.23. The molecule has 0 bridgehead atoms. The molecule has 0 spiro atoms. The summed E-state index contributed by atoms with van der Waals surface area (Å²) in [4.78, 5) is 14.5. The van der Waals surface area contributed by atoms with E-state index in [4.69, 9.17) is 4.74 Å². The standard InChI is InChI=1S/C23H26F2N2O4S/c1-15-5-8-20(31-2)22-18(15)4-3-11-27(22)23(28)16-9-12-26(13-10-16)32(29,30)21-14-17(24)6-7-19(21)25/h5-8,14,16H,3-4,9-13H2,1-2H3. The topological polar surface area (TPSA) is 66.9 Å². The van der Waals surface area contributed by atoms with E-state index in [9.17, 15) is 22.0 Å². The third kappa shape index (κ3) is 3.99. The number of anilines is 1. The van der Waals surface area contributed by atoms with Gasteiger partial charge < -0.3 is 9.64 Å². The number of fused-ring (bicyclic) bond motifs is 1. The molecule has 1 saturated heterocycles. The Kier molecular flexibility index (Phi) is 6.22. The second-order valence-corrected chi connectivity index (χ2v) is 10.2. The number of rotatable bonds is 4. The van der Waals surface area contributed by atoms with Gasteiger partial charge in [0.25, 0.3) is 0 Å². The van der Waals surface area contributed by atoms with Crippen molar-refractivity contribution in [2.75, 3.05) is 31.6 Å². The van der Waals surface area contributed by atoms with E-state index in [0.29, 0.717) is 31.2 Å². The molecule has 0 unspecified atom stereocenters. The van der Waals surface area contributed by atoms with Gasteiger partial charge in [-0.1, -0.05) is 6.07 Å². The molecule has 2 aliphatic rings. The lowest BCUT2D eigenvalue weighted by atomic mass is 9.92. The van der Waals surface area contributed by atoms with Gasteiger partial charge in [0.15, 0.2) is 0 Å². The van der Waals surface area contributed by atoms with E-state index in [1.54, 1.807) is 12.0 Å². The molecule has 2 aromatic carbocycles. The Morgan fingerprint density at radius 3 is 2.50 bits per heavy atom. The molecule has 2 heterocycles. The van der Waals surface area contributed by atoms with Crippen molar-refractivity contribution >= 4 is 21.6 Å². The normalized spacial score (nSPS) is 17.8. The number of carbonyl (C=O) groups excluding carboxylic acids is 1. The number of halogens is 2. The van der Waals surface area contributed by atoms with Crippen LogP contribution in [-0.2, 0) is 21.2 Å². The molecular weight excluding hydrogens is 438 g/mol. The maximum atomic E-state index is 14.1. The summed E-state index contributed by atoms with van der Waals surface area (Å²) in [5.41, 5.74) is 3.02. The van der Waals surface area contributed by atoms with Gasteiger partial charge in [0.2, 0.25) is 15.9 Å². The van der Waals surface area contributed by atoms with Crippen LogP contribution in [0.2, 0.25) is 0 Å². The molecule has 6 nitrogen and oxygen atoms in total. The highest BCUT2D eigenvalue weighted by Crippen LogP contribution is 2.40. The van der Waals surface area contributed by atoms with Crippen molar-refractivity contribution in [2.24, 2.45) is 5.92 Å². The molecule has 0 N–H and O–H groups in total. The molecule has 0 aliphatic carbocycles. The lowest BCUT2D eigenvalue weighted by Gasteiger charge is -2.37. The maximum Gasteiger partial charge on any atom is 0.246 e. The zero-order valence-electron chi connectivity index (χ0n) is 18.1. The molecule has 0 atom stereocenters. The Balaban J connectivity index is 1.52. The summed E-state index contributed by atoms with van der Waals surface area (Å²) < 4.78 is 59.9. The Hall–Kier alpha value is -2.52. The number of hydrogen-bond acceptors (Lipinski definition) is 4. The van der Waals surface area contributed by atoms with Crippen LogP contribution in [0.5, 0.6) is 5.75 Å². The lowest BCUT2D eigenvalue weighted by molar-refractivity contribution is -0.123. The van der Waals surface area contributed by atoms with Crippen LogP contribution >= 0.6 is 0 Å². The Bertz CT molecular complexity index is 1140. The first-order valence-electron chi connectivity index (χ1n) is 10.7. The monoisotopic (exact) mass is 464 g/mol. The van der Waals surface area contributed by atoms with Crippen LogP contribution in [0.15, 0.2) is 35.2 Å². The van der Waals surface area contributed by atoms with Crippen molar-refractivity contribution in [3.8, 4) is 5.75 Å². The number of hydrogen-bond donors (Lipinski definition) is 0. The smallest absolute Gasteiger partial charge is 0.246 e. The molecule has 0 saturated carbocycles. The number of carbonyl (C=O) groups is 1. The van der Waals surface area contributed by atoms with Crippen LogP contribution in [0, 0.1) is 24.5 Å². The van der Waals surface area contributed by atoms with E-state index in [1.165, 1.54) is 0 Å². The Morgan fingerprint density at radius 2 is 1.81 bits per heavy atom. The molecule has 2 aliphatic heterocycles. The van der Waals surface area contributed by atoms with Crippen molar-refractivity contribution in [1.29, 1.82) is 0 Å². The van der Waals surface area contributed by atoms with Gasteiger partial charge >= 0.3 is 0 Å². The number of aryl methyl sites for hydroxylation is 1. The summed E-state index contributed by atoms with van der Waals surface area (Å²) in [7, 11) is -2.60. The van der Waals surface area contributed by atoms with Crippen molar-refractivity contribution in [3.05, 3.63) is 53.1 Å². The molecular formula is C23H26F2N2O4S. The number of benzene rings is 2. The van der Waals surface area contributed by atoms with E-state index in [1.807, 2.05) is 19.1 Å². The summed E-state index contributed by atoms with van der Waals surface area (Å²) in [5, 5.41) is 0. The fraction of sp³-hybridized carbons (Fsp3) is 0.435. The van der Waals surface area contributed by atoms with E-state index in [2.05, 4.69) is 0 Å². The maximum absolute atomic E-state index is 14.1. The molecule has 2 aromatic rings. The van der Waals surface area contributed by atoms with E-state index < -0.39 is 26.6 Å². The number of ether oxygens (including phenoxy) is 1. The zero-order valence-corrected chi connectivity index (χ0v) is 18.9. The summed E-state index contributed by atoms with van der Waals surface area (Å²) >= 11 is 0. The largest absolute Gasteiger partial charge is 0.495 e. The number of piperidine rings is 1. The first-order chi connectivity index (χ1) is 15.2. The summed E-state index contributed by atoms with van der Waals surface area (Å²) in [6.07, 6.45) is 2.35. The Labute approximate surface area is 186 Å².